The third-order valence-electron chi connectivity index (χ3n) is 7.36. The molecule has 4 aliphatic carbocycles. The molecule has 0 saturated heterocycles. The van der Waals surface area contributed by atoms with Crippen LogP contribution in [0, 0.1) is 40.8 Å². The van der Waals surface area contributed by atoms with Gasteiger partial charge in [0.25, 0.3) is 0 Å². The maximum atomic E-state index is 14.3. The van der Waals surface area contributed by atoms with Gasteiger partial charge in [0.05, 0.1) is 17.2 Å². The van der Waals surface area contributed by atoms with Gasteiger partial charge in [-0.3, -0.25) is 4.79 Å². The number of rotatable bonds is 4. The van der Waals surface area contributed by atoms with Crippen LogP contribution in [0.5, 0.6) is 11.5 Å². The minimum atomic E-state index is -0.623. The monoisotopic (exact) mass is 417 g/mol. The predicted octanol–water partition coefficient (Wildman–Crippen LogP) is 5.96. The number of aryl methyl sites for hydroxylation is 1. The van der Waals surface area contributed by atoms with Crippen LogP contribution in [0.1, 0.15) is 49.3 Å². The molecule has 2 aromatic rings. The number of hydrogen-bond donors (Lipinski definition) is 1. The highest BCUT2D eigenvalue weighted by Gasteiger charge is 2.54. The summed E-state index contributed by atoms with van der Waals surface area (Å²) < 4.78 is 20.1. The summed E-state index contributed by atoms with van der Waals surface area (Å²) in [6, 6.07) is 11.3. The fourth-order valence-electron chi connectivity index (χ4n) is 5.89. The zero-order chi connectivity index (χ0) is 21.7. The van der Waals surface area contributed by atoms with E-state index in [9.17, 15) is 14.3 Å². The fraction of sp³-hybridized carbons (Fsp3) is 0.385. The summed E-state index contributed by atoms with van der Waals surface area (Å²) >= 11 is 0. The third kappa shape index (κ3) is 3.13. The van der Waals surface area contributed by atoms with Crippen LogP contribution in [0.15, 0.2) is 42.2 Å². The molecule has 2 atom stereocenters. The number of allylic oxidation sites excluding steroid dienone is 2. The summed E-state index contributed by atoms with van der Waals surface area (Å²) in [6.45, 7) is 2.01. The van der Waals surface area contributed by atoms with Gasteiger partial charge in [0.1, 0.15) is 11.5 Å². The number of Topliss-reactive ketones (excluding diaryl/α,β-unsaturated/α-hetero) is 1. The van der Waals surface area contributed by atoms with E-state index in [2.05, 4.69) is 0 Å². The van der Waals surface area contributed by atoms with Crippen LogP contribution >= 0.6 is 0 Å². The Labute approximate surface area is 181 Å². The van der Waals surface area contributed by atoms with E-state index < -0.39 is 5.82 Å². The topological polar surface area (TPSA) is 70.3 Å². The van der Waals surface area contributed by atoms with Crippen molar-refractivity contribution >= 4 is 11.4 Å². The lowest BCUT2D eigenvalue weighted by molar-refractivity contribution is -0.123. The Hall–Kier alpha value is -3.13. The number of ether oxygens (including phenoxy) is 1. The molecule has 2 unspecified atom stereocenters. The molecule has 6 rings (SSSR count). The molecule has 1 N–H and O–H groups in total. The van der Waals surface area contributed by atoms with Crippen molar-refractivity contribution in [2.75, 3.05) is 0 Å². The molecule has 158 valence electrons. The Kier molecular flexibility index (Phi) is 4.81. The van der Waals surface area contributed by atoms with Crippen LogP contribution in [0.4, 0.5) is 4.39 Å². The molecule has 2 bridgehead atoms. The van der Waals surface area contributed by atoms with E-state index in [1.54, 1.807) is 12.1 Å². The number of fused-ring (bicyclic) bond motifs is 2. The Morgan fingerprint density at radius 2 is 1.81 bits per heavy atom. The fourth-order valence-corrected chi connectivity index (χ4v) is 5.89. The van der Waals surface area contributed by atoms with Gasteiger partial charge >= 0.3 is 0 Å². The molecule has 3 fully saturated rings. The van der Waals surface area contributed by atoms with Crippen LogP contribution in [0.2, 0.25) is 0 Å². The van der Waals surface area contributed by atoms with Crippen LogP contribution in [-0.2, 0) is 11.2 Å². The van der Waals surface area contributed by atoms with E-state index >= 15 is 0 Å². The Morgan fingerprint density at radius 1 is 1.10 bits per heavy atom. The molecule has 4 nitrogen and oxygen atoms in total. The van der Waals surface area contributed by atoms with Crippen LogP contribution in [0.3, 0.4) is 0 Å². The number of aliphatic hydroxyl groups is 1. The van der Waals surface area contributed by atoms with E-state index in [4.69, 9.17) is 10.00 Å². The van der Waals surface area contributed by atoms with Gasteiger partial charge in [0.2, 0.25) is 0 Å². The number of benzene rings is 2. The molecule has 2 aromatic carbocycles. The summed E-state index contributed by atoms with van der Waals surface area (Å²) in [6.07, 6.45) is 5.00. The lowest BCUT2D eigenvalue weighted by Crippen LogP contribution is -2.41. The maximum Gasteiger partial charge on any atom is 0.170 e. The van der Waals surface area contributed by atoms with Gasteiger partial charge in [0.15, 0.2) is 17.3 Å². The van der Waals surface area contributed by atoms with Gasteiger partial charge in [-0.15, -0.1) is 0 Å². The number of nitrogens with zero attached hydrogens (tertiary/aromatic N) is 1. The first-order chi connectivity index (χ1) is 15.0. The van der Waals surface area contributed by atoms with Crippen molar-refractivity contribution in [2.45, 2.75) is 39.0 Å². The second-order valence-electron chi connectivity index (χ2n) is 8.88. The molecule has 3 saturated carbocycles. The van der Waals surface area contributed by atoms with Gasteiger partial charge in [-0.2, -0.15) is 5.26 Å². The number of hydrogen-bond acceptors (Lipinski definition) is 4. The van der Waals surface area contributed by atoms with Gasteiger partial charge in [0, 0.05) is 11.8 Å². The van der Waals surface area contributed by atoms with Crippen molar-refractivity contribution in [1.29, 1.82) is 5.26 Å². The highest BCUT2D eigenvalue weighted by molar-refractivity contribution is 6.25. The van der Waals surface area contributed by atoms with Crippen molar-refractivity contribution < 1.29 is 19.0 Å². The Bertz CT molecular complexity index is 1140. The SMILES string of the molecule is CCc1ccc(Oc2ccc(C#N)cc2F)cc1C1=C(O)C2C(C1=O)[C@H]1CC[C@@H]2CC1. The first kappa shape index (κ1) is 19.8. The first-order valence-electron chi connectivity index (χ1n) is 11.0. The van der Waals surface area contributed by atoms with E-state index in [-0.39, 0.29) is 34.7 Å². The second-order valence-corrected chi connectivity index (χ2v) is 8.88. The standard InChI is InChI=1S/C26H24FNO3/c1-2-15-8-9-18(31-21-10-3-14(13-28)11-20(21)27)12-19(15)24-25(29)22-16-4-5-17(7-6-16)23(22)26(24)30/h3,8-12,16-17,22-23,29H,2,4-7H2,1H3/t16-,17+,22?,23?. The van der Waals surface area contributed by atoms with Crippen LogP contribution in [0.25, 0.3) is 5.57 Å². The number of nitriles is 1. The van der Waals surface area contributed by atoms with Crippen molar-refractivity contribution in [1.82, 2.24) is 0 Å². The van der Waals surface area contributed by atoms with Gasteiger partial charge in [-0.05, 0) is 85.4 Å². The average Bonchev–Trinajstić information content (AvgIpc) is 3.08. The highest BCUT2D eigenvalue weighted by Crippen LogP contribution is 2.57. The summed E-state index contributed by atoms with van der Waals surface area (Å²) in [5.74, 6) is 0.649. The van der Waals surface area contributed by atoms with E-state index in [1.807, 2.05) is 19.1 Å². The Morgan fingerprint density at radius 3 is 2.42 bits per heavy atom. The van der Waals surface area contributed by atoms with Crippen LogP contribution in [-0.4, -0.2) is 10.9 Å². The molecule has 5 heteroatoms. The van der Waals surface area contributed by atoms with Gasteiger partial charge in [-0.25, -0.2) is 4.39 Å². The molecular formula is C26H24FNO3. The predicted molar refractivity (Wildman–Crippen MR) is 114 cm³/mol. The smallest absolute Gasteiger partial charge is 0.170 e. The average molecular weight is 417 g/mol. The number of carbonyl (C=O) groups excluding carboxylic acids is 1. The normalized spacial score (nSPS) is 26.7. The molecule has 0 radical (unpaired) electrons. The largest absolute Gasteiger partial charge is 0.511 e. The minimum Gasteiger partial charge on any atom is -0.511 e. The van der Waals surface area contributed by atoms with E-state index in [0.717, 1.165) is 37.3 Å². The highest BCUT2D eigenvalue weighted by atomic mass is 19.1. The van der Waals surface area contributed by atoms with E-state index in [0.29, 0.717) is 35.1 Å². The number of carbonyl (C=O) groups is 1. The molecule has 31 heavy (non-hydrogen) atoms. The van der Waals surface area contributed by atoms with E-state index in [1.165, 1.54) is 12.1 Å². The molecule has 0 amide bonds. The molecule has 0 aromatic heterocycles. The number of halogens is 1. The molecule has 0 spiro atoms. The molecule has 4 aliphatic rings. The molecule has 0 aliphatic heterocycles. The molecule has 0 heterocycles. The lowest BCUT2D eigenvalue weighted by Gasteiger charge is -2.44. The summed E-state index contributed by atoms with van der Waals surface area (Å²) in [5, 5.41) is 20.1. The summed E-state index contributed by atoms with van der Waals surface area (Å²) in [7, 11) is 0. The first-order valence-corrected chi connectivity index (χ1v) is 11.0. The second kappa shape index (κ2) is 7.53. The molecular weight excluding hydrogens is 393 g/mol. The number of ketones is 1. The van der Waals surface area contributed by atoms with Gasteiger partial charge in [-0.1, -0.05) is 13.0 Å². The minimum absolute atomic E-state index is 0.0110. The summed E-state index contributed by atoms with van der Waals surface area (Å²) in [4.78, 5) is 13.5. The zero-order valence-electron chi connectivity index (χ0n) is 17.4. The summed E-state index contributed by atoms with van der Waals surface area (Å²) in [5.41, 5.74) is 2.28. The van der Waals surface area contributed by atoms with Crippen molar-refractivity contribution in [2.24, 2.45) is 23.7 Å². The zero-order valence-corrected chi connectivity index (χ0v) is 17.4. The van der Waals surface area contributed by atoms with Crippen molar-refractivity contribution in [3.05, 3.63) is 64.7 Å². The third-order valence-corrected chi connectivity index (χ3v) is 7.36. The maximum absolute atomic E-state index is 14.3. The lowest BCUT2D eigenvalue weighted by atomic mass is 9.59. The van der Waals surface area contributed by atoms with Crippen LogP contribution < -0.4 is 4.74 Å². The van der Waals surface area contributed by atoms with Gasteiger partial charge < -0.3 is 9.84 Å². The van der Waals surface area contributed by atoms with Crippen molar-refractivity contribution in [3.63, 3.8) is 0 Å². The quantitative estimate of drug-likeness (QED) is 0.667. The Balaban J connectivity index is 1.54. The number of aliphatic hydroxyl groups excluding tert-OH is 1. The van der Waals surface area contributed by atoms with Crippen molar-refractivity contribution in [3.8, 4) is 17.6 Å².